The van der Waals surface area contributed by atoms with Crippen molar-refractivity contribution in [1.82, 2.24) is 9.03 Å². The van der Waals surface area contributed by atoms with Crippen molar-refractivity contribution in [2.75, 3.05) is 25.7 Å². The molecule has 3 N–H and O–H groups in total. The van der Waals surface area contributed by atoms with E-state index in [0.717, 1.165) is 0 Å². The Bertz CT molecular complexity index is 1020. The van der Waals surface area contributed by atoms with Crippen molar-refractivity contribution in [2.24, 2.45) is 0 Å². The minimum Gasteiger partial charge on any atom is -0.478 e. The van der Waals surface area contributed by atoms with Gasteiger partial charge in [-0.15, -0.1) is 0 Å². The highest BCUT2D eigenvalue weighted by Gasteiger charge is 2.36. The Kier molecular flexibility index (Phi) is 6.94. The second-order valence-corrected chi connectivity index (χ2v) is 9.00. The van der Waals surface area contributed by atoms with Crippen LogP contribution >= 0.6 is 11.6 Å². The summed E-state index contributed by atoms with van der Waals surface area (Å²) in [6, 6.07) is 9.31. The number of aromatic carboxylic acids is 1. The third kappa shape index (κ3) is 5.27. The lowest BCUT2D eigenvalue weighted by Gasteiger charge is -2.37. The fourth-order valence-corrected chi connectivity index (χ4v) is 4.58. The molecule has 11 heteroatoms. The number of likely N-dealkylation sites (N-methyl/N-ethyl adjacent to an activating group) is 1. The molecule has 1 saturated heterocycles. The minimum absolute atomic E-state index is 0.0130. The summed E-state index contributed by atoms with van der Waals surface area (Å²) >= 11 is 5.73. The molecular formula is C19H21ClFN3O5S. The van der Waals surface area contributed by atoms with Crippen LogP contribution in [0, 0.1) is 5.82 Å². The standard InChI is InChI=1S/C19H21ClFN3O5S/c1-24-15(10-29-11-22-14-6-7-17(21)16(20)8-14)9-18(23-30(24,27)28)12-2-4-13(5-3-12)19(25)26/h2-8,15,18,22-23H,9-11H2,1H3,(H,25,26). The molecule has 162 valence electrons. The van der Waals surface area contributed by atoms with E-state index in [1.54, 1.807) is 12.1 Å². The normalized spacial score (nSPS) is 21.3. The second kappa shape index (κ2) is 9.27. The molecule has 3 rings (SSSR count). The van der Waals surface area contributed by atoms with E-state index in [-0.39, 0.29) is 23.9 Å². The Balaban J connectivity index is 1.61. The van der Waals surface area contributed by atoms with Gasteiger partial charge < -0.3 is 15.2 Å². The maximum absolute atomic E-state index is 13.2. The predicted octanol–water partition coefficient (Wildman–Crippen LogP) is 2.84. The van der Waals surface area contributed by atoms with Crippen LogP contribution in [0.1, 0.15) is 28.4 Å². The Morgan fingerprint density at radius 3 is 2.67 bits per heavy atom. The first kappa shape index (κ1) is 22.4. The summed E-state index contributed by atoms with van der Waals surface area (Å²) in [5.74, 6) is -1.57. The summed E-state index contributed by atoms with van der Waals surface area (Å²) in [7, 11) is -2.26. The van der Waals surface area contributed by atoms with Gasteiger partial charge in [-0.1, -0.05) is 23.7 Å². The summed E-state index contributed by atoms with van der Waals surface area (Å²) in [5.41, 5.74) is 1.37. The lowest BCUT2D eigenvalue weighted by Crippen LogP contribution is -2.53. The molecule has 2 aromatic carbocycles. The van der Waals surface area contributed by atoms with Gasteiger partial charge in [0.2, 0.25) is 0 Å². The van der Waals surface area contributed by atoms with E-state index in [1.807, 2.05) is 0 Å². The van der Waals surface area contributed by atoms with Gasteiger partial charge in [-0.25, -0.2) is 9.18 Å². The van der Waals surface area contributed by atoms with E-state index in [4.69, 9.17) is 21.4 Å². The van der Waals surface area contributed by atoms with Gasteiger partial charge in [0.05, 0.1) is 23.2 Å². The average Bonchev–Trinajstić information content (AvgIpc) is 2.70. The average molecular weight is 458 g/mol. The van der Waals surface area contributed by atoms with E-state index in [1.165, 1.54) is 41.7 Å². The molecule has 0 aromatic heterocycles. The molecule has 0 amide bonds. The Morgan fingerprint density at radius 1 is 1.33 bits per heavy atom. The van der Waals surface area contributed by atoms with Gasteiger partial charge in [0, 0.05) is 18.8 Å². The smallest absolute Gasteiger partial charge is 0.335 e. The fraction of sp³-hybridized carbons (Fsp3) is 0.316. The largest absolute Gasteiger partial charge is 0.478 e. The third-order valence-electron chi connectivity index (χ3n) is 4.86. The van der Waals surface area contributed by atoms with Gasteiger partial charge in [0.15, 0.2) is 0 Å². The van der Waals surface area contributed by atoms with E-state index >= 15 is 0 Å². The van der Waals surface area contributed by atoms with Crippen molar-refractivity contribution in [1.29, 1.82) is 0 Å². The molecule has 0 aliphatic carbocycles. The van der Waals surface area contributed by atoms with Gasteiger partial charge in [0.1, 0.15) is 12.5 Å². The lowest BCUT2D eigenvalue weighted by atomic mass is 9.99. The van der Waals surface area contributed by atoms with Crippen LogP contribution in [-0.4, -0.2) is 50.2 Å². The monoisotopic (exact) mass is 457 g/mol. The van der Waals surface area contributed by atoms with Gasteiger partial charge in [-0.2, -0.15) is 17.4 Å². The highest BCUT2D eigenvalue weighted by Crippen LogP contribution is 2.28. The topological polar surface area (TPSA) is 108 Å². The van der Waals surface area contributed by atoms with Crippen LogP contribution in [0.4, 0.5) is 10.1 Å². The van der Waals surface area contributed by atoms with Crippen molar-refractivity contribution in [2.45, 2.75) is 18.5 Å². The number of anilines is 1. The first-order chi connectivity index (χ1) is 14.2. The quantitative estimate of drug-likeness (QED) is 0.436. The molecular weight excluding hydrogens is 437 g/mol. The van der Waals surface area contributed by atoms with E-state index in [0.29, 0.717) is 17.7 Å². The number of carbonyl (C=O) groups is 1. The molecule has 2 atom stereocenters. The maximum Gasteiger partial charge on any atom is 0.335 e. The molecule has 1 heterocycles. The van der Waals surface area contributed by atoms with Crippen molar-refractivity contribution < 1.29 is 27.4 Å². The molecule has 1 aliphatic rings. The molecule has 0 spiro atoms. The number of rotatable bonds is 7. The summed E-state index contributed by atoms with van der Waals surface area (Å²) in [5, 5.41) is 11.9. The number of nitrogens with zero attached hydrogens (tertiary/aromatic N) is 1. The number of nitrogens with one attached hydrogen (secondary N) is 2. The zero-order chi connectivity index (χ0) is 21.9. The van der Waals surface area contributed by atoms with Crippen LogP contribution in [0.15, 0.2) is 42.5 Å². The van der Waals surface area contributed by atoms with Crippen LogP contribution in [0.5, 0.6) is 0 Å². The fourth-order valence-electron chi connectivity index (χ4n) is 3.10. The van der Waals surface area contributed by atoms with Gasteiger partial charge >= 0.3 is 5.97 Å². The number of halogens is 2. The maximum atomic E-state index is 13.2. The van der Waals surface area contributed by atoms with E-state index < -0.39 is 34.1 Å². The molecule has 30 heavy (non-hydrogen) atoms. The van der Waals surface area contributed by atoms with Crippen molar-refractivity contribution in [3.05, 3.63) is 64.4 Å². The van der Waals surface area contributed by atoms with E-state index in [2.05, 4.69) is 10.0 Å². The highest BCUT2D eigenvalue weighted by atomic mass is 35.5. The Morgan fingerprint density at radius 2 is 2.03 bits per heavy atom. The number of carboxylic acids is 1. The van der Waals surface area contributed by atoms with Crippen LogP contribution < -0.4 is 10.0 Å². The van der Waals surface area contributed by atoms with Gasteiger partial charge in [-0.3, -0.25) is 0 Å². The van der Waals surface area contributed by atoms with Gasteiger partial charge in [0.25, 0.3) is 10.2 Å². The molecule has 0 bridgehead atoms. The minimum atomic E-state index is -3.73. The van der Waals surface area contributed by atoms with E-state index in [9.17, 15) is 17.6 Å². The van der Waals surface area contributed by atoms with Crippen LogP contribution in [0.2, 0.25) is 5.02 Å². The zero-order valence-corrected chi connectivity index (χ0v) is 17.6. The molecule has 0 radical (unpaired) electrons. The lowest BCUT2D eigenvalue weighted by molar-refractivity contribution is 0.0696. The van der Waals surface area contributed by atoms with Crippen molar-refractivity contribution in [3.8, 4) is 0 Å². The van der Waals surface area contributed by atoms with Gasteiger partial charge in [-0.05, 0) is 42.3 Å². The summed E-state index contributed by atoms with van der Waals surface area (Å²) < 4.78 is 47.5. The number of ether oxygens (including phenoxy) is 1. The number of hydrogen-bond donors (Lipinski definition) is 3. The molecule has 1 fully saturated rings. The zero-order valence-electron chi connectivity index (χ0n) is 16.0. The molecule has 0 saturated carbocycles. The second-order valence-electron chi connectivity index (χ2n) is 6.83. The molecule has 1 aliphatic heterocycles. The summed E-state index contributed by atoms with van der Waals surface area (Å²) in [6.45, 7) is 0.209. The Labute approximate surface area is 178 Å². The molecule has 2 aromatic rings. The third-order valence-corrected chi connectivity index (χ3v) is 6.79. The summed E-state index contributed by atoms with van der Waals surface area (Å²) in [4.78, 5) is 11.0. The number of benzene rings is 2. The van der Waals surface area contributed by atoms with Crippen LogP contribution in [0.3, 0.4) is 0 Å². The van der Waals surface area contributed by atoms with Crippen LogP contribution in [0.25, 0.3) is 0 Å². The molecule has 8 nitrogen and oxygen atoms in total. The summed E-state index contributed by atoms with van der Waals surface area (Å²) in [6.07, 6.45) is 0.435. The Hall–Kier alpha value is -2.24. The number of hydrogen-bond acceptors (Lipinski definition) is 5. The predicted molar refractivity (Wildman–Crippen MR) is 110 cm³/mol. The first-order valence-electron chi connectivity index (χ1n) is 9.02. The first-order valence-corrected chi connectivity index (χ1v) is 10.8. The van der Waals surface area contributed by atoms with Crippen molar-refractivity contribution >= 4 is 33.5 Å². The SMILES string of the molecule is CN1C(COCNc2ccc(F)c(Cl)c2)CC(c2ccc(C(=O)O)cc2)NS1(=O)=O. The number of carboxylic acid groups (broad SMARTS) is 1. The highest BCUT2D eigenvalue weighted by molar-refractivity contribution is 7.87. The van der Waals surface area contributed by atoms with Crippen molar-refractivity contribution in [3.63, 3.8) is 0 Å². The van der Waals surface area contributed by atoms with Crippen LogP contribution in [-0.2, 0) is 14.9 Å². The molecule has 2 unspecified atom stereocenters.